The van der Waals surface area contributed by atoms with Crippen molar-refractivity contribution in [2.45, 2.75) is 4.90 Å². The molecule has 3 heterocycles. The minimum Gasteiger partial charge on any atom is -0.587 e. The Kier molecular flexibility index (Phi) is 6.31. The van der Waals surface area contributed by atoms with E-state index in [4.69, 9.17) is 0 Å². The number of rotatable bonds is 4. The van der Waals surface area contributed by atoms with Gasteiger partial charge in [-0.2, -0.15) is 4.31 Å². The van der Waals surface area contributed by atoms with Crippen LogP contribution in [0.15, 0.2) is 181 Å². The Morgan fingerprint density at radius 2 is 0.918 bits per heavy atom. The largest absolute Gasteiger partial charge is 0.587 e. The lowest BCUT2D eigenvalue weighted by atomic mass is 10.0. The predicted octanol–water partition coefficient (Wildman–Crippen LogP) is 11.2. The number of nitrogens with zero attached hydrogens (tertiary/aromatic N) is 3. The van der Waals surface area contributed by atoms with E-state index in [0.717, 1.165) is 60.9 Å². The fourth-order valence-corrected chi connectivity index (χ4v) is 9.10. The first-order valence-corrected chi connectivity index (χ1v) is 17.6. The minimum absolute atomic E-state index is 0.824. The summed E-state index contributed by atoms with van der Waals surface area (Å²) in [6.45, 7) is 0. The summed E-state index contributed by atoms with van der Waals surface area (Å²) in [7, 11) is 0. The Morgan fingerprint density at radius 1 is 0.408 bits per heavy atom. The number of aromatic nitrogens is 2. The monoisotopic (exact) mass is 647 g/mol. The van der Waals surface area contributed by atoms with Crippen molar-refractivity contribution >= 4 is 55.4 Å². The van der Waals surface area contributed by atoms with E-state index >= 15 is 0 Å². The zero-order chi connectivity index (χ0) is 32.5. The molecule has 1 atom stereocenters. The van der Waals surface area contributed by atoms with Crippen molar-refractivity contribution < 1.29 is 4.55 Å². The molecule has 1 aliphatic rings. The molecule has 2 aromatic heterocycles. The molecule has 0 aliphatic carbocycles. The van der Waals surface area contributed by atoms with Gasteiger partial charge in [-0.05, 0) is 83.9 Å². The van der Waals surface area contributed by atoms with Crippen LogP contribution in [0.25, 0.3) is 66.5 Å². The molecule has 0 amide bonds. The Bertz CT molecular complexity index is 2680. The average molecular weight is 648 g/mol. The lowest BCUT2D eigenvalue weighted by Gasteiger charge is -2.31. The van der Waals surface area contributed by atoms with Gasteiger partial charge in [-0.3, -0.25) is 0 Å². The summed E-state index contributed by atoms with van der Waals surface area (Å²) < 4.78 is 21.6. The van der Waals surface area contributed by atoms with E-state index in [1.54, 1.807) is 0 Å². The summed E-state index contributed by atoms with van der Waals surface area (Å²) in [5, 5.41) is 3.40. The van der Waals surface area contributed by atoms with E-state index in [9.17, 15) is 4.55 Å². The van der Waals surface area contributed by atoms with Crippen molar-refractivity contribution in [3.63, 3.8) is 0 Å². The van der Waals surface area contributed by atoms with Crippen molar-refractivity contribution in [3.05, 3.63) is 176 Å². The van der Waals surface area contributed by atoms with Crippen molar-refractivity contribution in [1.29, 1.82) is 0 Å². The second-order valence-electron chi connectivity index (χ2n) is 12.4. The lowest BCUT2D eigenvalue weighted by Crippen LogP contribution is -2.30. The Hall–Kier alpha value is -6.01. The van der Waals surface area contributed by atoms with Crippen LogP contribution < -0.4 is 4.31 Å². The van der Waals surface area contributed by atoms with Crippen LogP contribution in [-0.4, -0.2) is 13.7 Å². The Morgan fingerprint density at radius 3 is 1.61 bits per heavy atom. The van der Waals surface area contributed by atoms with Crippen molar-refractivity contribution in [1.82, 2.24) is 9.13 Å². The molecule has 1 unspecified atom stereocenters. The van der Waals surface area contributed by atoms with Gasteiger partial charge in [0.05, 0.1) is 27.6 Å². The molecule has 0 N–H and O–H groups in total. The van der Waals surface area contributed by atoms with Crippen LogP contribution in [-0.2, 0) is 11.4 Å². The molecular formula is C44H29N3OS. The van der Waals surface area contributed by atoms with Crippen LogP contribution in [0.5, 0.6) is 0 Å². The quantitative estimate of drug-likeness (QED) is 0.178. The molecular weight excluding hydrogens is 619 g/mol. The first-order chi connectivity index (χ1) is 24.3. The standard InChI is InChI=1S/C44H29N3OS/c48-49-44-38-29-31(30-24-26-40-37(28-30)35-20-10-12-22-39(35)45(40)32-14-4-1-5-15-32)25-27-41(38)46(33-16-6-2-7-17-33)43(44)36-21-11-13-23-42(36)47(49)34-18-8-3-9-19-34/h1-29H. The topological polar surface area (TPSA) is 36.2 Å². The number of fused-ring (bicyclic) bond motifs is 8. The van der Waals surface area contributed by atoms with Gasteiger partial charge in [0.15, 0.2) is 0 Å². The zero-order valence-electron chi connectivity index (χ0n) is 26.4. The van der Waals surface area contributed by atoms with Crippen LogP contribution in [0.4, 0.5) is 11.4 Å². The summed E-state index contributed by atoms with van der Waals surface area (Å²) in [5.41, 5.74) is 11.6. The highest BCUT2D eigenvalue weighted by Gasteiger charge is 2.41. The van der Waals surface area contributed by atoms with Gasteiger partial charge in [-0.25, -0.2) is 0 Å². The maximum Gasteiger partial charge on any atom is 0.214 e. The molecule has 0 spiro atoms. The molecule has 0 fully saturated rings. The lowest BCUT2D eigenvalue weighted by molar-refractivity contribution is 0.595. The maximum atomic E-state index is 15.0. The fraction of sp³-hybridized carbons (Fsp3) is 0. The van der Waals surface area contributed by atoms with E-state index in [1.165, 1.54) is 21.8 Å². The predicted molar refractivity (Wildman–Crippen MR) is 203 cm³/mol. The van der Waals surface area contributed by atoms with E-state index in [1.807, 2.05) is 46.8 Å². The van der Waals surface area contributed by atoms with Gasteiger partial charge < -0.3 is 13.7 Å². The number of hydrogen-bond donors (Lipinski definition) is 0. The van der Waals surface area contributed by atoms with Gasteiger partial charge in [0.2, 0.25) is 4.90 Å². The molecule has 49 heavy (non-hydrogen) atoms. The summed E-state index contributed by atoms with van der Waals surface area (Å²) >= 11 is -1.51. The highest BCUT2D eigenvalue weighted by molar-refractivity contribution is 7.93. The number of hydrogen-bond acceptors (Lipinski definition) is 2. The Balaban J connectivity index is 1.23. The van der Waals surface area contributed by atoms with Gasteiger partial charge >= 0.3 is 0 Å². The molecule has 232 valence electrons. The third-order valence-corrected chi connectivity index (χ3v) is 11.2. The van der Waals surface area contributed by atoms with Crippen LogP contribution in [0.1, 0.15) is 0 Å². The van der Waals surface area contributed by atoms with Gasteiger partial charge in [0.1, 0.15) is 22.7 Å². The molecule has 1 aliphatic heterocycles. The van der Waals surface area contributed by atoms with Gasteiger partial charge in [0, 0.05) is 27.7 Å². The van der Waals surface area contributed by atoms with Crippen molar-refractivity contribution in [2.24, 2.45) is 0 Å². The van der Waals surface area contributed by atoms with Crippen LogP contribution in [0.2, 0.25) is 0 Å². The SMILES string of the molecule is [O-][S+]1c2c(n(-c3ccccc3)c3ccc(-c4ccc5c(c4)c4ccccc4n5-c4ccccc4)cc23)-c2ccccc2N1c1ccccc1. The molecule has 7 aromatic carbocycles. The van der Waals surface area contributed by atoms with Crippen LogP contribution in [0.3, 0.4) is 0 Å². The second-order valence-corrected chi connectivity index (χ2v) is 13.7. The molecule has 5 heteroatoms. The molecule has 10 rings (SSSR count). The van der Waals surface area contributed by atoms with Gasteiger partial charge in [-0.1, -0.05) is 103 Å². The minimum atomic E-state index is -1.51. The first-order valence-electron chi connectivity index (χ1n) is 16.5. The molecule has 4 nitrogen and oxygen atoms in total. The van der Waals surface area contributed by atoms with Gasteiger partial charge in [0.25, 0.3) is 0 Å². The van der Waals surface area contributed by atoms with Crippen LogP contribution >= 0.6 is 0 Å². The highest BCUT2D eigenvalue weighted by atomic mass is 32.2. The normalized spacial score (nSPS) is 14.0. The van der Waals surface area contributed by atoms with E-state index < -0.39 is 11.4 Å². The third-order valence-electron chi connectivity index (χ3n) is 9.66. The summed E-state index contributed by atoms with van der Waals surface area (Å²) in [6, 6.07) is 61.3. The fourth-order valence-electron chi connectivity index (χ4n) is 7.54. The summed E-state index contributed by atoms with van der Waals surface area (Å²) in [6.07, 6.45) is 0. The van der Waals surface area contributed by atoms with E-state index in [0.29, 0.717) is 0 Å². The zero-order valence-corrected chi connectivity index (χ0v) is 27.2. The third kappa shape index (κ3) is 4.23. The number of benzene rings is 7. The smallest absolute Gasteiger partial charge is 0.214 e. The Labute approximate surface area is 287 Å². The van der Waals surface area contributed by atoms with Crippen LogP contribution in [0, 0.1) is 0 Å². The summed E-state index contributed by atoms with van der Waals surface area (Å²) in [5.74, 6) is 0. The maximum absolute atomic E-state index is 15.0. The number of para-hydroxylation sites is 5. The second kappa shape index (κ2) is 11.0. The van der Waals surface area contributed by atoms with Gasteiger partial charge in [-0.15, -0.1) is 0 Å². The van der Waals surface area contributed by atoms with Crippen molar-refractivity contribution in [3.8, 4) is 33.8 Å². The average Bonchev–Trinajstić information content (AvgIpc) is 3.69. The van der Waals surface area contributed by atoms with Crippen molar-refractivity contribution in [2.75, 3.05) is 4.31 Å². The van der Waals surface area contributed by atoms with E-state index in [-0.39, 0.29) is 0 Å². The molecule has 0 saturated carbocycles. The highest BCUT2D eigenvalue weighted by Crippen LogP contribution is 2.51. The molecule has 9 aromatic rings. The first kappa shape index (κ1) is 28.0. The molecule has 0 radical (unpaired) electrons. The molecule has 0 saturated heterocycles. The summed E-state index contributed by atoms with van der Waals surface area (Å²) in [4.78, 5) is 0.824. The number of anilines is 2. The molecule has 0 bridgehead atoms. The van der Waals surface area contributed by atoms with E-state index in [2.05, 4.69) is 143 Å².